The first-order valence-electron chi connectivity index (χ1n) is 7.62. The Morgan fingerprint density at radius 3 is 2.88 bits per heavy atom. The molecule has 0 aliphatic carbocycles. The van der Waals surface area contributed by atoms with Gasteiger partial charge in [-0.3, -0.25) is 14.9 Å². The van der Waals surface area contributed by atoms with E-state index >= 15 is 0 Å². The summed E-state index contributed by atoms with van der Waals surface area (Å²) in [5.41, 5.74) is 2.93. The molecule has 0 spiro atoms. The SMILES string of the molecule is Cc1nc2ccccn2c1CCC(=O)Nc1ccc([N+](=O)[O-])cc1Cl. The lowest BCUT2D eigenvalue weighted by Gasteiger charge is -2.07. The van der Waals surface area contributed by atoms with E-state index in [1.807, 2.05) is 35.7 Å². The van der Waals surface area contributed by atoms with Gasteiger partial charge in [-0.2, -0.15) is 0 Å². The molecule has 0 saturated carbocycles. The van der Waals surface area contributed by atoms with Crippen LogP contribution < -0.4 is 5.32 Å². The molecule has 0 aliphatic rings. The summed E-state index contributed by atoms with van der Waals surface area (Å²) < 4.78 is 1.96. The molecule has 0 atom stereocenters. The maximum absolute atomic E-state index is 12.2. The Morgan fingerprint density at radius 2 is 2.16 bits per heavy atom. The summed E-state index contributed by atoms with van der Waals surface area (Å²) in [6.07, 6.45) is 2.68. The summed E-state index contributed by atoms with van der Waals surface area (Å²) in [7, 11) is 0. The van der Waals surface area contributed by atoms with Crippen LogP contribution in [0.15, 0.2) is 42.6 Å². The number of nitro groups is 1. The van der Waals surface area contributed by atoms with Crippen LogP contribution in [0.5, 0.6) is 0 Å². The largest absolute Gasteiger partial charge is 0.325 e. The summed E-state index contributed by atoms with van der Waals surface area (Å²) in [5.74, 6) is -0.221. The van der Waals surface area contributed by atoms with Crippen LogP contribution in [0, 0.1) is 17.0 Å². The van der Waals surface area contributed by atoms with Gasteiger partial charge in [-0.15, -0.1) is 0 Å². The number of pyridine rings is 1. The number of halogens is 1. The number of imidazole rings is 1. The molecule has 0 radical (unpaired) electrons. The van der Waals surface area contributed by atoms with Gasteiger partial charge in [0.05, 0.1) is 21.3 Å². The number of aryl methyl sites for hydroxylation is 2. The fraction of sp³-hybridized carbons (Fsp3) is 0.176. The zero-order chi connectivity index (χ0) is 18.0. The average molecular weight is 359 g/mol. The van der Waals surface area contributed by atoms with Gasteiger partial charge in [-0.05, 0) is 31.5 Å². The monoisotopic (exact) mass is 358 g/mol. The number of hydrogen-bond donors (Lipinski definition) is 1. The minimum atomic E-state index is -0.537. The third-order valence-electron chi connectivity index (χ3n) is 3.86. The molecule has 7 nitrogen and oxygen atoms in total. The van der Waals surface area contributed by atoms with Crippen molar-refractivity contribution in [2.45, 2.75) is 19.8 Å². The Labute approximate surface area is 148 Å². The van der Waals surface area contributed by atoms with Crippen LogP contribution in [-0.2, 0) is 11.2 Å². The number of non-ortho nitro benzene ring substituents is 1. The number of aromatic nitrogens is 2. The molecule has 128 valence electrons. The predicted molar refractivity (Wildman–Crippen MR) is 95.0 cm³/mol. The van der Waals surface area contributed by atoms with E-state index in [0.717, 1.165) is 17.0 Å². The Bertz CT molecular complexity index is 968. The van der Waals surface area contributed by atoms with E-state index in [2.05, 4.69) is 10.3 Å². The molecule has 1 amide bonds. The van der Waals surface area contributed by atoms with Crippen molar-refractivity contribution in [3.05, 3.63) is 69.1 Å². The van der Waals surface area contributed by atoms with Crippen LogP contribution in [-0.4, -0.2) is 20.2 Å². The van der Waals surface area contributed by atoms with Gasteiger partial charge in [-0.1, -0.05) is 17.7 Å². The molecule has 8 heteroatoms. The maximum Gasteiger partial charge on any atom is 0.271 e. The fourth-order valence-corrected chi connectivity index (χ4v) is 2.85. The first-order chi connectivity index (χ1) is 12.0. The lowest BCUT2D eigenvalue weighted by Crippen LogP contribution is -2.13. The number of nitrogens with one attached hydrogen (secondary N) is 1. The number of carbonyl (C=O) groups excluding carboxylic acids is 1. The molecule has 1 N–H and O–H groups in total. The van der Waals surface area contributed by atoms with Gasteiger partial charge in [0.2, 0.25) is 5.91 Å². The van der Waals surface area contributed by atoms with Crippen molar-refractivity contribution < 1.29 is 9.72 Å². The first kappa shape index (κ1) is 16.9. The smallest absolute Gasteiger partial charge is 0.271 e. The number of rotatable bonds is 5. The minimum absolute atomic E-state index is 0.121. The Hall–Kier alpha value is -2.93. The van der Waals surface area contributed by atoms with E-state index in [1.54, 1.807) is 0 Å². The second-order valence-corrected chi connectivity index (χ2v) is 5.95. The molecule has 3 aromatic rings. The molecule has 2 aromatic heterocycles. The average Bonchev–Trinajstić information content (AvgIpc) is 2.90. The topological polar surface area (TPSA) is 89.5 Å². The third kappa shape index (κ3) is 3.61. The second-order valence-electron chi connectivity index (χ2n) is 5.54. The molecular formula is C17H15ClN4O3. The number of nitro benzene ring substituents is 1. The molecule has 0 aliphatic heterocycles. The number of hydrogen-bond acceptors (Lipinski definition) is 4. The third-order valence-corrected chi connectivity index (χ3v) is 4.17. The van der Waals surface area contributed by atoms with Gasteiger partial charge in [0, 0.05) is 30.4 Å². The van der Waals surface area contributed by atoms with Crippen LogP contribution >= 0.6 is 11.6 Å². The van der Waals surface area contributed by atoms with Crippen molar-refractivity contribution in [1.82, 2.24) is 9.38 Å². The summed E-state index contributed by atoms with van der Waals surface area (Å²) in [6.45, 7) is 1.91. The number of anilines is 1. The Morgan fingerprint density at radius 1 is 1.36 bits per heavy atom. The van der Waals surface area contributed by atoms with Crippen molar-refractivity contribution >= 4 is 34.5 Å². The lowest BCUT2D eigenvalue weighted by molar-refractivity contribution is -0.384. The zero-order valence-corrected chi connectivity index (χ0v) is 14.2. The summed E-state index contributed by atoms with van der Waals surface area (Å²) in [5, 5.41) is 13.5. The first-order valence-corrected chi connectivity index (χ1v) is 8.00. The molecule has 0 unspecified atom stereocenters. The molecule has 1 aromatic carbocycles. The van der Waals surface area contributed by atoms with Crippen molar-refractivity contribution in [3.8, 4) is 0 Å². The van der Waals surface area contributed by atoms with E-state index in [0.29, 0.717) is 12.1 Å². The van der Waals surface area contributed by atoms with Crippen molar-refractivity contribution in [3.63, 3.8) is 0 Å². The molecule has 25 heavy (non-hydrogen) atoms. The van der Waals surface area contributed by atoms with Gasteiger partial charge < -0.3 is 9.72 Å². The van der Waals surface area contributed by atoms with Crippen LogP contribution in [0.25, 0.3) is 5.65 Å². The van der Waals surface area contributed by atoms with Gasteiger partial charge in [0.1, 0.15) is 5.65 Å². The number of amides is 1. The highest BCUT2D eigenvalue weighted by Gasteiger charge is 2.13. The minimum Gasteiger partial charge on any atom is -0.325 e. The maximum atomic E-state index is 12.2. The molecule has 3 rings (SSSR count). The fourth-order valence-electron chi connectivity index (χ4n) is 2.63. The van der Waals surface area contributed by atoms with Crippen molar-refractivity contribution in [1.29, 1.82) is 0 Å². The molecular weight excluding hydrogens is 344 g/mol. The number of carbonyl (C=O) groups is 1. The van der Waals surface area contributed by atoms with Gasteiger partial charge in [0.15, 0.2) is 0 Å². The summed E-state index contributed by atoms with van der Waals surface area (Å²) in [6, 6.07) is 9.68. The molecule has 2 heterocycles. The number of fused-ring (bicyclic) bond motifs is 1. The number of nitrogens with zero attached hydrogens (tertiary/aromatic N) is 3. The normalized spacial score (nSPS) is 10.8. The van der Waals surface area contributed by atoms with E-state index in [1.165, 1.54) is 18.2 Å². The van der Waals surface area contributed by atoms with Crippen LogP contribution in [0.1, 0.15) is 17.8 Å². The van der Waals surface area contributed by atoms with Crippen molar-refractivity contribution in [2.75, 3.05) is 5.32 Å². The molecule has 0 bridgehead atoms. The van der Waals surface area contributed by atoms with Crippen LogP contribution in [0.3, 0.4) is 0 Å². The standard InChI is InChI=1S/C17H15ClN4O3/c1-11-15(21-9-3-2-4-16(21)19-11)7-8-17(23)20-14-6-5-12(22(24)25)10-13(14)18/h2-6,9-10H,7-8H2,1H3,(H,20,23). The zero-order valence-electron chi connectivity index (χ0n) is 13.4. The van der Waals surface area contributed by atoms with E-state index < -0.39 is 4.92 Å². The van der Waals surface area contributed by atoms with E-state index in [-0.39, 0.29) is 23.0 Å². The summed E-state index contributed by atoms with van der Waals surface area (Å²) in [4.78, 5) is 26.8. The lowest BCUT2D eigenvalue weighted by atomic mass is 10.2. The Kier molecular flexibility index (Phi) is 4.67. The van der Waals surface area contributed by atoms with Crippen LogP contribution in [0.4, 0.5) is 11.4 Å². The van der Waals surface area contributed by atoms with Crippen molar-refractivity contribution in [2.24, 2.45) is 0 Å². The highest BCUT2D eigenvalue weighted by molar-refractivity contribution is 6.33. The van der Waals surface area contributed by atoms with Gasteiger partial charge in [-0.25, -0.2) is 4.98 Å². The quantitative estimate of drug-likeness (QED) is 0.555. The highest BCUT2D eigenvalue weighted by Crippen LogP contribution is 2.26. The number of benzene rings is 1. The highest BCUT2D eigenvalue weighted by atomic mass is 35.5. The second kappa shape index (κ2) is 6.90. The Balaban J connectivity index is 1.69. The van der Waals surface area contributed by atoms with Crippen LogP contribution in [0.2, 0.25) is 5.02 Å². The summed E-state index contributed by atoms with van der Waals surface area (Å²) >= 11 is 5.99. The van der Waals surface area contributed by atoms with E-state index in [4.69, 9.17) is 11.6 Å². The molecule has 0 saturated heterocycles. The van der Waals surface area contributed by atoms with E-state index in [9.17, 15) is 14.9 Å². The predicted octanol–water partition coefficient (Wildman–Crippen LogP) is 3.78. The van der Waals surface area contributed by atoms with Gasteiger partial charge >= 0.3 is 0 Å². The molecule has 0 fully saturated rings. The van der Waals surface area contributed by atoms with Gasteiger partial charge in [0.25, 0.3) is 5.69 Å².